The zero-order valence-electron chi connectivity index (χ0n) is 14.4. The lowest BCUT2D eigenvalue weighted by Gasteiger charge is -2.23. The quantitative estimate of drug-likeness (QED) is 0.705. The second kappa shape index (κ2) is 6.37. The van der Waals surface area contributed by atoms with Gasteiger partial charge in [0.15, 0.2) is 5.76 Å². The number of amides is 1. The van der Waals surface area contributed by atoms with Gasteiger partial charge in [0.1, 0.15) is 11.5 Å². The lowest BCUT2D eigenvalue weighted by molar-refractivity contribution is -0.133. The number of likely N-dealkylation sites (N-methyl/N-ethyl adjacent to an activating group) is 1. The number of nitrogens with zero attached hydrogens (tertiary/aromatic N) is 3. The standard InChI is InChI=1S/C20H18FN3O2/c1-24(13-17-12-18(23-26-17)14-6-10-22-11-7-14)19(25)20(8-9-20)15-2-4-16(21)5-3-15/h2-7,10-12H,8-9,13H2,1H3. The van der Waals surface area contributed by atoms with Crippen LogP contribution in [0.25, 0.3) is 11.3 Å². The molecule has 3 aromatic rings. The maximum Gasteiger partial charge on any atom is 0.233 e. The normalized spacial score (nSPS) is 14.8. The molecule has 5 nitrogen and oxygen atoms in total. The van der Waals surface area contributed by atoms with Crippen molar-refractivity contribution in [2.75, 3.05) is 7.05 Å². The molecule has 0 atom stereocenters. The third kappa shape index (κ3) is 2.98. The van der Waals surface area contributed by atoms with Crippen LogP contribution in [0.2, 0.25) is 0 Å². The van der Waals surface area contributed by atoms with Crippen LogP contribution >= 0.6 is 0 Å². The second-order valence-electron chi connectivity index (χ2n) is 6.66. The first-order valence-electron chi connectivity index (χ1n) is 8.46. The molecule has 6 heteroatoms. The van der Waals surface area contributed by atoms with Crippen LogP contribution in [0.3, 0.4) is 0 Å². The van der Waals surface area contributed by atoms with Gasteiger partial charge in [-0.3, -0.25) is 9.78 Å². The Morgan fingerprint density at radius 2 is 1.88 bits per heavy atom. The van der Waals surface area contributed by atoms with Crippen molar-refractivity contribution in [3.8, 4) is 11.3 Å². The highest BCUT2D eigenvalue weighted by Crippen LogP contribution is 2.49. The van der Waals surface area contributed by atoms with Gasteiger partial charge in [-0.2, -0.15) is 0 Å². The number of pyridine rings is 1. The minimum Gasteiger partial charge on any atom is -0.359 e. The largest absolute Gasteiger partial charge is 0.359 e. The molecule has 132 valence electrons. The van der Waals surface area contributed by atoms with Crippen LogP contribution in [0.4, 0.5) is 4.39 Å². The lowest BCUT2D eigenvalue weighted by atomic mass is 9.94. The third-order valence-corrected chi connectivity index (χ3v) is 4.83. The molecule has 0 bridgehead atoms. The van der Waals surface area contributed by atoms with Gasteiger partial charge >= 0.3 is 0 Å². The Morgan fingerprint density at radius 3 is 2.54 bits per heavy atom. The Bertz CT molecular complexity index is 918. The van der Waals surface area contributed by atoms with Crippen molar-refractivity contribution >= 4 is 5.91 Å². The predicted molar refractivity (Wildman–Crippen MR) is 93.5 cm³/mol. The van der Waals surface area contributed by atoms with E-state index in [1.54, 1.807) is 36.5 Å². The Morgan fingerprint density at radius 1 is 1.19 bits per heavy atom. The van der Waals surface area contributed by atoms with E-state index < -0.39 is 5.41 Å². The molecule has 1 amide bonds. The minimum atomic E-state index is -0.531. The molecular weight excluding hydrogens is 333 g/mol. The van der Waals surface area contributed by atoms with Crippen LogP contribution in [0.1, 0.15) is 24.2 Å². The monoisotopic (exact) mass is 351 g/mol. The van der Waals surface area contributed by atoms with Crippen molar-refractivity contribution in [3.05, 3.63) is 72.0 Å². The molecule has 1 aliphatic rings. The fraction of sp³-hybridized carbons (Fsp3) is 0.250. The summed E-state index contributed by atoms with van der Waals surface area (Å²) in [5.74, 6) is 0.337. The summed E-state index contributed by atoms with van der Waals surface area (Å²) in [6.07, 6.45) is 4.94. The summed E-state index contributed by atoms with van der Waals surface area (Å²) >= 11 is 0. The van der Waals surface area contributed by atoms with Crippen molar-refractivity contribution in [1.82, 2.24) is 15.0 Å². The molecule has 4 rings (SSSR count). The van der Waals surface area contributed by atoms with E-state index in [0.717, 1.165) is 24.0 Å². The van der Waals surface area contributed by atoms with E-state index in [1.165, 1.54) is 12.1 Å². The molecule has 0 N–H and O–H groups in total. The van der Waals surface area contributed by atoms with Gasteiger partial charge < -0.3 is 9.42 Å². The van der Waals surface area contributed by atoms with Crippen LogP contribution in [0.5, 0.6) is 0 Å². The van der Waals surface area contributed by atoms with E-state index in [-0.39, 0.29) is 11.7 Å². The topological polar surface area (TPSA) is 59.2 Å². The van der Waals surface area contributed by atoms with Gasteiger partial charge in [0.2, 0.25) is 5.91 Å². The average Bonchev–Trinajstić information content (AvgIpc) is 3.35. The summed E-state index contributed by atoms with van der Waals surface area (Å²) in [7, 11) is 1.75. The Hall–Kier alpha value is -3.02. The summed E-state index contributed by atoms with van der Waals surface area (Å²) in [6, 6.07) is 11.7. The first kappa shape index (κ1) is 16.4. The molecule has 1 aromatic carbocycles. The predicted octanol–water partition coefficient (Wildman–Crippen LogP) is 3.57. The zero-order valence-corrected chi connectivity index (χ0v) is 14.4. The molecule has 0 unspecified atom stereocenters. The number of halogens is 1. The third-order valence-electron chi connectivity index (χ3n) is 4.83. The highest BCUT2D eigenvalue weighted by Gasteiger charge is 2.52. The van der Waals surface area contributed by atoms with E-state index in [4.69, 9.17) is 4.52 Å². The second-order valence-corrected chi connectivity index (χ2v) is 6.66. The first-order chi connectivity index (χ1) is 12.6. The number of hydrogen-bond acceptors (Lipinski definition) is 4. The van der Waals surface area contributed by atoms with E-state index >= 15 is 0 Å². The van der Waals surface area contributed by atoms with Gasteiger partial charge in [-0.25, -0.2) is 4.39 Å². The smallest absolute Gasteiger partial charge is 0.233 e. The molecule has 1 aliphatic carbocycles. The Balaban J connectivity index is 1.48. The summed E-state index contributed by atoms with van der Waals surface area (Å²) in [4.78, 5) is 18.6. The van der Waals surface area contributed by atoms with Crippen LogP contribution in [0, 0.1) is 5.82 Å². The van der Waals surface area contributed by atoms with Gasteiger partial charge in [0.25, 0.3) is 0 Å². The van der Waals surface area contributed by atoms with Gasteiger partial charge in [0, 0.05) is 31.1 Å². The van der Waals surface area contributed by atoms with Crippen molar-refractivity contribution < 1.29 is 13.7 Å². The molecule has 0 aliphatic heterocycles. The van der Waals surface area contributed by atoms with Crippen molar-refractivity contribution in [2.45, 2.75) is 24.8 Å². The van der Waals surface area contributed by atoms with Gasteiger partial charge in [0.05, 0.1) is 12.0 Å². The molecule has 0 saturated heterocycles. The van der Waals surface area contributed by atoms with Gasteiger partial charge in [-0.05, 0) is 42.7 Å². The molecular formula is C20H18FN3O2. The number of hydrogen-bond donors (Lipinski definition) is 0. The van der Waals surface area contributed by atoms with Gasteiger partial charge in [-0.15, -0.1) is 0 Å². The Labute approximate surface area is 150 Å². The Kier molecular flexibility index (Phi) is 4.03. The molecule has 2 aromatic heterocycles. The highest BCUT2D eigenvalue weighted by atomic mass is 19.1. The van der Waals surface area contributed by atoms with Crippen molar-refractivity contribution in [1.29, 1.82) is 0 Å². The fourth-order valence-electron chi connectivity index (χ4n) is 3.24. The summed E-state index contributed by atoms with van der Waals surface area (Å²) < 4.78 is 18.5. The molecule has 0 spiro atoms. The first-order valence-corrected chi connectivity index (χ1v) is 8.46. The minimum absolute atomic E-state index is 0.0194. The van der Waals surface area contributed by atoms with Crippen LogP contribution in [-0.2, 0) is 16.8 Å². The summed E-state index contributed by atoms with van der Waals surface area (Å²) in [6.45, 7) is 0.333. The maximum absolute atomic E-state index is 13.2. The molecule has 26 heavy (non-hydrogen) atoms. The van der Waals surface area contributed by atoms with E-state index in [2.05, 4.69) is 10.1 Å². The van der Waals surface area contributed by atoms with Crippen molar-refractivity contribution in [3.63, 3.8) is 0 Å². The number of benzene rings is 1. The SMILES string of the molecule is CN(Cc1cc(-c2ccncc2)no1)C(=O)C1(c2ccc(F)cc2)CC1. The van der Waals surface area contributed by atoms with E-state index in [9.17, 15) is 9.18 Å². The van der Waals surface area contributed by atoms with Gasteiger partial charge in [-0.1, -0.05) is 17.3 Å². The van der Waals surface area contributed by atoms with Crippen molar-refractivity contribution in [2.24, 2.45) is 0 Å². The summed E-state index contributed by atoms with van der Waals surface area (Å²) in [5.41, 5.74) is 1.96. The van der Waals surface area contributed by atoms with Crippen LogP contribution in [-0.4, -0.2) is 28.0 Å². The average molecular weight is 351 g/mol. The summed E-state index contributed by atoms with van der Waals surface area (Å²) in [5, 5.41) is 4.06. The molecule has 2 heterocycles. The zero-order chi connectivity index (χ0) is 18.1. The molecule has 1 fully saturated rings. The van der Waals surface area contributed by atoms with E-state index in [0.29, 0.717) is 18.0 Å². The fourth-order valence-corrected chi connectivity index (χ4v) is 3.24. The molecule has 0 radical (unpaired) electrons. The number of aromatic nitrogens is 2. The van der Waals surface area contributed by atoms with E-state index in [1.807, 2.05) is 18.2 Å². The number of rotatable bonds is 5. The number of carbonyl (C=O) groups is 1. The molecule has 1 saturated carbocycles. The highest BCUT2D eigenvalue weighted by molar-refractivity contribution is 5.91. The number of carbonyl (C=O) groups excluding carboxylic acids is 1. The lowest BCUT2D eigenvalue weighted by Crippen LogP contribution is -2.36. The maximum atomic E-state index is 13.2. The van der Waals surface area contributed by atoms with Crippen LogP contribution < -0.4 is 0 Å². The van der Waals surface area contributed by atoms with Crippen LogP contribution in [0.15, 0.2) is 59.4 Å².